The van der Waals surface area contributed by atoms with Crippen LogP contribution in [0.4, 0.5) is 13.2 Å². The van der Waals surface area contributed by atoms with Crippen LogP contribution < -0.4 is 16.5 Å². The van der Waals surface area contributed by atoms with E-state index in [-0.39, 0.29) is 16.8 Å². The zero-order valence-electron chi connectivity index (χ0n) is 21.5. The summed E-state index contributed by atoms with van der Waals surface area (Å²) in [6.07, 6.45) is -0.585. The quantitative estimate of drug-likeness (QED) is 0.261. The lowest BCUT2D eigenvalue weighted by molar-refractivity contribution is -0.137. The van der Waals surface area contributed by atoms with Crippen LogP contribution in [0.25, 0.3) is 16.6 Å². The largest absolute Gasteiger partial charge is 0.416 e. The average Bonchev–Trinajstić information content (AvgIpc) is 2.92. The number of nitriles is 1. The highest BCUT2D eigenvalue weighted by Gasteiger charge is 2.31. The predicted molar refractivity (Wildman–Crippen MR) is 143 cm³/mol. The van der Waals surface area contributed by atoms with Crippen molar-refractivity contribution in [2.24, 2.45) is 5.10 Å². The van der Waals surface area contributed by atoms with Crippen LogP contribution in [-0.4, -0.2) is 26.9 Å². The van der Waals surface area contributed by atoms with Gasteiger partial charge in [0.2, 0.25) is 0 Å². The molecule has 4 aromatic rings. The smallest absolute Gasteiger partial charge is 0.321 e. The molecule has 4 rings (SSSR count). The summed E-state index contributed by atoms with van der Waals surface area (Å²) in [5, 5.41) is 18.0. The predicted octanol–water partition coefficient (Wildman–Crippen LogP) is 4.38. The number of fused-ring (bicyclic) bond motifs is 1. The van der Waals surface area contributed by atoms with E-state index in [1.807, 2.05) is 18.2 Å². The third kappa shape index (κ3) is 5.83. The molecule has 204 valence electrons. The molecule has 2 heterocycles. The van der Waals surface area contributed by atoms with Crippen molar-refractivity contribution in [1.29, 1.82) is 5.26 Å². The van der Waals surface area contributed by atoms with E-state index >= 15 is 0 Å². The number of alkyl halides is 3. The van der Waals surface area contributed by atoms with Gasteiger partial charge in [-0.15, -0.1) is 0 Å². The molecule has 0 aliphatic rings. The average molecular weight is 549 g/mol. The number of halogens is 3. The summed E-state index contributed by atoms with van der Waals surface area (Å²) in [6.45, 7) is 3.41. The highest BCUT2D eigenvalue weighted by atomic mass is 19.4. The Labute approximate surface area is 225 Å². The summed E-state index contributed by atoms with van der Waals surface area (Å²) < 4.78 is 40.2. The van der Waals surface area contributed by atoms with Gasteiger partial charge in [-0.25, -0.2) is 5.43 Å². The van der Waals surface area contributed by atoms with Crippen molar-refractivity contribution < 1.29 is 18.0 Å². The molecule has 1 amide bonds. The lowest BCUT2D eigenvalue weighted by atomic mass is 10.0. The Balaban J connectivity index is 1.65. The number of hydrogen-bond donors (Lipinski definition) is 2. The monoisotopic (exact) mass is 548 g/mol. The molecule has 0 radical (unpaired) electrons. The molecule has 0 spiro atoms. The normalized spacial score (nSPS) is 11.6. The minimum absolute atomic E-state index is 0.0772. The van der Waals surface area contributed by atoms with Crippen molar-refractivity contribution in [2.75, 3.05) is 0 Å². The van der Waals surface area contributed by atoms with E-state index in [0.29, 0.717) is 16.3 Å². The number of hydrazone groups is 1. The fourth-order valence-corrected chi connectivity index (χ4v) is 4.06. The molecule has 0 fully saturated rings. The number of nitrogens with zero attached hydrogens (tertiary/aromatic N) is 4. The van der Waals surface area contributed by atoms with E-state index in [9.17, 15) is 32.8 Å². The third-order valence-corrected chi connectivity index (χ3v) is 6.21. The van der Waals surface area contributed by atoms with Gasteiger partial charge in [-0.3, -0.25) is 14.4 Å². The fraction of sp³-hybridized carbons (Fsp3) is 0.214. The Bertz CT molecular complexity index is 1800. The Morgan fingerprint density at radius 1 is 1.20 bits per heavy atom. The molecular weight excluding hydrogens is 525 g/mol. The molecule has 2 N–H and O–H groups in total. The van der Waals surface area contributed by atoms with E-state index in [1.165, 1.54) is 13.0 Å². The minimum atomic E-state index is -4.69. The number of nitrogens with one attached hydrogen (secondary N) is 2. The second kappa shape index (κ2) is 11.4. The first-order valence-electron chi connectivity index (χ1n) is 12.2. The maximum absolute atomic E-state index is 13.2. The van der Waals surface area contributed by atoms with E-state index in [2.05, 4.69) is 27.5 Å². The first-order chi connectivity index (χ1) is 19.0. The Morgan fingerprint density at radius 3 is 2.67 bits per heavy atom. The summed E-state index contributed by atoms with van der Waals surface area (Å²) >= 11 is 0. The first-order valence-corrected chi connectivity index (χ1v) is 12.2. The molecule has 0 bridgehead atoms. The van der Waals surface area contributed by atoms with E-state index in [4.69, 9.17) is 0 Å². The molecule has 0 saturated carbocycles. The van der Waals surface area contributed by atoms with Gasteiger partial charge < -0.3 is 4.98 Å². The fourth-order valence-electron chi connectivity index (χ4n) is 4.06. The second-order valence-corrected chi connectivity index (χ2v) is 9.00. The second-order valence-electron chi connectivity index (χ2n) is 9.00. The standard InChI is InChI=1S/C28H23F3N6O3/c1-3-4-6-17-9-10-23-18(11-17)12-19(25(38)34-23)15-33-35-26(39)24-16(2)22(14-32)27(40)37(36-24)21-8-5-7-20(13-21)28(29,30)31/h5,7-13,15H,3-4,6H2,1-2H3,(H,34,38)(H,35,39)/b33-15+. The number of aromatic nitrogens is 3. The zero-order chi connectivity index (χ0) is 29.0. The molecule has 12 heteroatoms. The van der Waals surface area contributed by atoms with Gasteiger partial charge in [-0.05, 0) is 67.1 Å². The highest BCUT2D eigenvalue weighted by molar-refractivity contribution is 5.95. The van der Waals surface area contributed by atoms with Gasteiger partial charge in [0.15, 0.2) is 5.69 Å². The van der Waals surface area contributed by atoms with E-state index in [0.717, 1.165) is 48.6 Å². The molecule has 0 aliphatic heterocycles. The number of aryl methyl sites for hydroxylation is 1. The van der Waals surface area contributed by atoms with Crippen molar-refractivity contribution in [3.8, 4) is 11.8 Å². The molecule has 40 heavy (non-hydrogen) atoms. The maximum atomic E-state index is 13.2. The number of amides is 1. The number of hydrogen-bond acceptors (Lipinski definition) is 6. The minimum Gasteiger partial charge on any atom is -0.321 e. The molecular formula is C28H23F3N6O3. The summed E-state index contributed by atoms with van der Waals surface area (Å²) in [6, 6.07) is 12.8. The molecule has 0 saturated heterocycles. The number of aromatic amines is 1. The number of rotatable bonds is 7. The van der Waals surface area contributed by atoms with Crippen LogP contribution in [0.2, 0.25) is 0 Å². The highest BCUT2D eigenvalue weighted by Crippen LogP contribution is 2.30. The number of carbonyl (C=O) groups is 1. The van der Waals surface area contributed by atoms with Crippen LogP contribution in [-0.2, 0) is 12.6 Å². The Kier molecular flexibility index (Phi) is 7.95. The van der Waals surface area contributed by atoms with Crippen LogP contribution in [0.3, 0.4) is 0 Å². The third-order valence-electron chi connectivity index (χ3n) is 6.21. The van der Waals surface area contributed by atoms with E-state index < -0.39 is 40.0 Å². The number of benzene rings is 2. The van der Waals surface area contributed by atoms with Crippen molar-refractivity contribution in [2.45, 2.75) is 39.3 Å². The Hall–Kier alpha value is -5.05. The topological polar surface area (TPSA) is 133 Å². The van der Waals surface area contributed by atoms with Crippen molar-refractivity contribution in [3.63, 3.8) is 0 Å². The summed E-state index contributed by atoms with van der Waals surface area (Å²) in [4.78, 5) is 40.9. The van der Waals surface area contributed by atoms with Gasteiger partial charge >= 0.3 is 6.18 Å². The van der Waals surface area contributed by atoms with Crippen LogP contribution in [0.1, 0.15) is 58.1 Å². The molecule has 0 atom stereocenters. The molecule has 2 aromatic carbocycles. The van der Waals surface area contributed by atoms with Gasteiger partial charge in [-0.1, -0.05) is 25.5 Å². The number of carbonyl (C=O) groups excluding carboxylic acids is 1. The van der Waals surface area contributed by atoms with Crippen LogP contribution in [0.5, 0.6) is 0 Å². The zero-order valence-corrected chi connectivity index (χ0v) is 21.5. The van der Waals surface area contributed by atoms with Crippen LogP contribution in [0.15, 0.2) is 63.2 Å². The number of unbranched alkanes of at least 4 members (excludes halogenated alkanes) is 1. The van der Waals surface area contributed by atoms with E-state index in [1.54, 1.807) is 12.1 Å². The van der Waals surface area contributed by atoms with Crippen molar-refractivity contribution in [1.82, 2.24) is 20.2 Å². The van der Waals surface area contributed by atoms with Gasteiger partial charge in [0.25, 0.3) is 17.0 Å². The maximum Gasteiger partial charge on any atom is 0.416 e. The van der Waals surface area contributed by atoms with Gasteiger partial charge in [0.05, 0.1) is 23.0 Å². The Morgan fingerprint density at radius 2 is 1.98 bits per heavy atom. The lowest BCUT2D eigenvalue weighted by Crippen LogP contribution is -2.31. The molecule has 9 nitrogen and oxygen atoms in total. The van der Waals surface area contributed by atoms with Gasteiger partial charge in [0.1, 0.15) is 11.6 Å². The van der Waals surface area contributed by atoms with Crippen LogP contribution in [0, 0.1) is 18.3 Å². The molecule has 0 unspecified atom stereocenters. The van der Waals surface area contributed by atoms with Crippen molar-refractivity contribution in [3.05, 3.63) is 103 Å². The SMILES string of the molecule is CCCCc1ccc2[nH]c(=O)c(/C=N/NC(=O)c3nn(-c4cccc(C(F)(F)F)c4)c(=O)c(C#N)c3C)cc2c1. The summed E-state index contributed by atoms with van der Waals surface area (Å²) in [5.74, 6) is -0.940. The summed E-state index contributed by atoms with van der Waals surface area (Å²) in [7, 11) is 0. The molecule has 2 aromatic heterocycles. The lowest BCUT2D eigenvalue weighted by Gasteiger charge is -2.12. The van der Waals surface area contributed by atoms with Crippen LogP contribution >= 0.6 is 0 Å². The first kappa shape index (κ1) is 28.0. The van der Waals surface area contributed by atoms with Gasteiger partial charge in [0, 0.05) is 11.1 Å². The van der Waals surface area contributed by atoms with Crippen molar-refractivity contribution >= 4 is 23.0 Å². The van der Waals surface area contributed by atoms with Gasteiger partial charge in [-0.2, -0.15) is 33.3 Å². The summed E-state index contributed by atoms with van der Waals surface area (Å²) in [5.41, 5.74) is 0.431. The number of pyridine rings is 1. The number of H-pyrrole nitrogens is 1. The molecule has 0 aliphatic carbocycles.